The quantitative estimate of drug-likeness (QED) is 0.389. The minimum atomic E-state index is -0.255. The highest BCUT2D eigenvalue weighted by Gasteiger charge is 2.46. The molecule has 0 saturated carbocycles. The Morgan fingerprint density at radius 2 is 2.12 bits per heavy atom. The minimum absolute atomic E-state index is 0.255. The fourth-order valence-electron chi connectivity index (χ4n) is 1.60. The molecule has 1 heterocycles. The third-order valence-electron chi connectivity index (χ3n) is 3.11. The van der Waals surface area contributed by atoms with Crippen LogP contribution in [0.4, 0.5) is 0 Å². The Hall–Kier alpha value is -0.740. The molecule has 1 aliphatic rings. The predicted octanol–water partition coefficient (Wildman–Crippen LogP) is 1.44. The molecule has 0 spiro atoms. The molecule has 4 heteroatoms. The van der Waals surface area contributed by atoms with Crippen LogP contribution in [0.2, 0.25) is 0 Å². The van der Waals surface area contributed by atoms with Crippen molar-refractivity contribution < 1.29 is 15.3 Å². The van der Waals surface area contributed by atoms with Crippen molar-refractivity contribution in [2.24, 2.45) is 11.3 Å². The van der Waals surface area contributed by atoms with Crippen molar-refractivity contribution in [3.05, 3.63) is 12.0 Å². The molecular formula is C12H27N2O2+. The van der Waals surface area contributed by atoms with Gasteiger partial charge < -0.3 is 15.3 Å². The fraction of sp³-hybridized carbons (Fsp3) is 0.833. The topological polar surface area (TPSA) is 72.1 Å². The van der Waals surface area contributed by atoms with Crippen molar-refractivity contribution in [1.82, 2.24) is 0 Å². The molecule has 0 aromatic heterocycles. The van der Waals surface area contributed by atoms with Crippen LogP contribution in [0.1, 0.15) is 47.5 Å². The molecule has 16 heavy (non-hydrogen) atoms. The zero-order valence-corrected chi connectivity index (χ0v) is 11.2. The second kappa shape index (κ2) is 6.11. The molecule has 1 rings (SSSR count). The van der Waals surface area contributed by atoms with Crippen LogP contribution in [0.15, 0.2) is 12.0 Å². The first-order valence-corrected chi connectivity index (χ1v) is 5.85. The maximum atomic E-state index is 8.18. The highest BCUT2D eigenvalue weighted by atomic mass is 16.7. The minimum Gasteiger partial charge on any atom is -0.480 e. The van der Waals surface area contributed by atoms with E-state index in [0.717, 1.165) is 0 Å². The molecule has 1 fully saturated rings. The van der Waals surface area contributed by atoms with Crippen LogP contribution in [0.3, 0.4) is 0 Å². The van der Waals surface area contributed by atoms with Crippen LogP contribution in [-0.4, -0.2) is 17.2 Å². The van der Waals surface area contributed by atoms with E-state index in [1.165, 1.54) is 25.5 Å². The first-order valence-electron chi connectivity index (χ1n) is 5.85. The van der Waals surface area contributed by atoms with Crippen molar-refractivity contribution in [2.45, 2.75) is 53.0 Å². The van der Waals surface area contributed by atoms with Gasteiger partial charge in [0.1, 0.15) is 12.1 Å². The van der Waals surface area contributed by atoms with E-state index in [0.29, 0.717) is 11.0 Å². The van der Waals surface area contributed by atoms with Crippen molar-refractivity contribution >= 4 is 0 Å². The molecule has 0 bridgehead atoms. The van der Waals surface area contributed by atoms with Crippen LogP contribution < -0.4 is 11.2 Å². The van der Waals surface area contributed by atoms with Gasteiger partial charge in [-0.25, -0.2) is 0 Å². The summed E-state index contributed by atoms with van der Waals surface area (Å²) in [6.45, 7) is 12.3. The average Bonchev–Trinajstić information content (AvgIpc) is 2.94. The Kier molecular flexibility index (Phi) is 5.83. The van der Waals surface area contributed by atoms with Crippen LogP contribution in [0, 0.1) is 5.41 Å². The first kappa shape index (κ1) is 15.3. The summed E-state index contributed by atoms with van der Waals surface area (Å²) < 4.78 is 0. The fourth-order valence-corrected chi connectivity index (χ4v) is 1.60. The first-order chi connectivity index (χ1) is 7.28. The number of hydrogen-bond acceptors (Lipinski definition) is 3. The molecule has 1 saturated heterocycles. The molecule has 0 amide bonds. The summed E-state index contributed by atoms with van der Waals surface area (Å²) in [4.78, 5) is 3.82. The standard InChI is InChI=1S/C9H19N.C3H7NO2/c1-5-8(2,3)6-9(4)7-10-9;1-2-3(5)6-4/h10H,5-7H2,1-4H3;2,5H,4H2,1H3/p+1/b;3-2+. The van der Waals surface area contributed by atoms with E-state index in [-0.39, 0.29) is 5.95 Å². The van der Waals surface area contributed by atoms with Crippen molar-refractivity contribution in [1.29, 1.82) is 0 Å². The predicted molar refractivity (Wildman–Crippen MR) is 65.5 cm³/mol. The van der Waals surface area contributed by atoms with Gasteiger partial charge in [-0.05, 0) is 25.3 Å². The summed E-state index contributed by atoms with van der Waals surface area (Å²) in [6, 6.07) is 0. The van der Waals surface area contributed by atoms with Gasteiger partial charge in [-0.15, -0.1) is 0 Å². The van der Waals surface area contributed by atoms with Crippen molar-refractivity contribution in [2.75, 3.05) is 6.54 Å². The van der Waals surface area contributed by atoms with Gasteiger partial charge in [-0.1, -0.05) is 27.2 Å². The third-order valence-corrected chi connectivity index (χ3v) is 3.11. The zero-order chi connectivity index (χ0) is 12.8. The largest absolute Gasteiger partial charge is 0.480 e. The van der Waals surface area contributed by atoms with E-state index in [2.05, 4.69) is 43.7 Å². The Balaban J connectivity index is 0.000000325. The second-order valence-corrected chi connectivity index (χ2v) is 5.50. The van der Waals surface area contributed by atoms with E-state index in [1.54, 1.807) is 6.92 Å². The SMILES string of the molecule is C/C=C(\O)ON.CCC(C)(C)CC1(C)C[NH2+]1. The lowest BCUT2D eigenvalue weighted by molar-refractivity contribution is -0.522. The van der Waals surface area contributed by atoms with E-state index >= 15 is 0 Å². The maximum Gasteiger partial charge on any atom is 0.292 e. The molecular weight excluding hydrogens is 204 g/mol. The number of hydrogen-bond donors (Lipinski definition) is 3. The van der Waals surface area contributed by atoms with Crippen molar-refractivity contribution in [3.63, 3.8) is 0 Å². The molecule has 96 valence electrons. The molecule has 1 atom stereocenters. The lowest BCUT2D eigenvalue weighted by Crippen LogP contribution is -2.65. The van der Waals surface area contributed by atoms with Gasteiger partial charge in [0.05, 0.1) is 0 Å². The molecule has 1 unspecified atom stereocenters. The van der Waals surface area contributed by atoms with E-state index < -0.39 is 0 Å². The van der Waals surface area contributed by atoms with Gasteiger partial charge in [0.25, 0.3) is 5.95 Å². The number of quaternary nitrogens is 1. The molecule has 0 aromatic carbocycles. The highest BCUT2D eigenvalue weighted by Crippen LogP contribution is 2.31. The van der Waals surface area contributed by atoms with Gasteiger partial charge in [0.15, 0.2) is 0 Å². The van der Waals surface area contributed by atoms with Gasteiger partial charge in [0, 0.05) is 6.42 Å². The van der Waals surface area contributed by atoms with Crippen LogP contribution in [0.25, 0.3) is 0 Å². The number of allylic oxidation sites excluding steroid dienone is 1. The monoisotopic (exact) mass is 231 g/mol. The van der Waals surface area contributed by atoms with Gasteiger partial charge >= 0.3 is 0 Å². The Morgan fingerprint density at radius 1 is 1.62 bits per heavy atom. The highest BCUT2D eigenvalue weighted by molar-refractivity contribution is 4.86. The lowest BCUT2D eigenvalue weighted by atomic mass is 9.81. The van der Waals surface area contributed by atoms with E-state index in [9.17, 15) is 0 Å². The summed E-state index contributed by atoms with van der Waals surface area (Å²) >= 11 is 0. The zero-order valence-electron chi connectivity index (χ0n) is 11.2. The molecule has 0 aliphatic carbocycles. The smallest absolute Gasteiger partial charge is 0.292 e. The average molecular weight is 231 g/mol. The summed E-state index contributed by atoms with van der Waals surface area (Å²) in [5, 5.41) is 10.6. The Labute approximate surface area is 98.8 Å². The summed E-state index contributed by atoms with van der Waals surface area (Å²) in [7, 11) is 0. The van der Waals surface area contributed by atoms with E-state index in [4.69, 9.17) is 5.11 Å². The second-order valence-electron chi connectivity index (χ2n) is 5.50. The lowest BCUT2D eigenvalue weighted by Gasteiger charge is -2.22. The number of rotatable bonds is 4. The Bertz CT molecular complexity index is 233. The maximum absolute atomic E-state index is 8.18. The number of aliphatic hydroxyl groups excluding tert-OH is 1. The molecule has 1 aliphatic heterocycles. The molecule has 5 N–H and O–H groups in total. The van der Waals surface area contributed by atoms with Gasteiger partial charge in [-0.2, -0.15) is 5.90 Å². The summed E-state index contributed by atoms with van der Waals surface area (Å²) in [5.74, 6) is 4.21. The van der Waals surface area contributed by atoms with Crippen LogP contribution in [-0.2, 0) is 4.84 Å². The van der Waals surface area contributed by atoms with Crippen LogP contribution >= 0.6 is 0 Å². The normalized spacial score (nSPS) is 24.5. The molecule has 0 radical (unpaired) electrons. The summed E-state index contributed by atoms with van der Waals surface area (Å²) in [5.41, 5.74) is 1.17. The number of aliphatic hydroxyl groups is 1. The van der Waals surface area contributed by atoms with Crippen molar-refractivity contribution in [3.8, 4) is 0 Å². The van der Waals surface area contributed by atoms with Crippen LogP contribution in [0.5, 0.6) is 0 Å². The van der Waals surface area contributed by atoms with Gasteiger partial charge in [-0.3, -0.25) is 0 Å². The molecule has 0 aromatic rings. The van der Waals surface area contributed by atoms with Gasteiger partial charge in [0.2, 0.25) is 0 Å². The number of nitrogens with two attached hydrogens (primary N) is 2. The third kappa shape index (κ3) is 6.69. The molecule has 4 nitrogen and oxygen atoms in total. The Morgan fingerprint density at radius 3 is 2.31 bits per heavy atom. The summed E-state index contributed by atoms with van der Waals surface area (Å²) in [6.07, 6.45) is 4.02. The van der Waals surface area contributed by atoms with E-state index in [1.807, 2.05) is 0 Å².